The van der Waals surface area contributed by atoms with Gasteiger partial charge in [-0.1, -0.05) is 0 Å². The van der Waals surface area contributed by atoms with Crippen LogP contribution in [0.4, 0.5) is 4.39 Å². The molecule has 0 heterocycles. The fraction of sp³-hybridized carbons (Fsp3) is 0.125. The first-order valence-electron chi connectivity index (χ1n) is 3.55. The molecule has 0 saturated heterocycles. The molecular weight excluding hydrogens is 195 g/mol. The van der Waals surface area contributed by atoms with E-state index in [-0.39, 0.29) is 0 Å². The van der Waals surface area contributed by atoms with Gasteiger partial charge in [0, 0.05) is 11.6 Å². The van der Waals surface area contributed by atoms with E-state index in [1.54, 1.807) is 0 Å². The molecule has 1 aromatic rings. The highest BCUT2D eigenvalue weighted by molar-refractivity contribution is 5.74. The SMILES string of the molecule is O=C(O)C(O)c1cc(O)c(O)cc1F. The largest absolute Gasteiger partial charge is 0.504 e. The number of hydrogen-bond donors (Lipinski definition) is 4. The van der Waals surface area contributed by atoms with Crippen LogP contribution in [0.15, 0.2) is 12.1 Å². The van der Waals surface area contributed by atoms with Gasteiger partial charge in [-0.05, 0) is 6.07 Å². The van der Waals surface area contributed by atoms with Crippen molar-refractivity contribution in [2.45, 2.75) is 6.10 Å². The van der Waals surface area contributed by atoms with E-state index in [2.05, 4.69) is 0 Å². The van der Waals surface area contributed by atoms with Crippen molar-refractivity contribution in [2.24, 2.45) is 0 Å². The third-order valence-corrected chi connectivity index (χ3v) is 1.62. The molecule has 0 aromatic heterocycles. The summed E-state index contributed by atoms with van der Waals surface area (Å²) in [5.41, 5.74) is -0.604. The molecule has 4 N–H and O–H groups in total. The Balaban J connectivity index is 3.22. The molecule has 1 rings (SSSR count). The topological polar surface area (TPSA) is 98.0 Å². The number of aliphatic hydroxyl groups is 1. The van der Waals surface area contributed by atoms with Crippen LogP contribution in [0.2, 0.25) is 0 Å². The van der Waals surface area contributed by atoms with Gasteiger partial charge in [0.15, 0.2) is 17.6 Å². The van der Waals surface area contributed by atoms with E-state index >= 15 is 0 Å². The Morgan fingerprint density at radius 3 is 2.29 bits per heavy atom. The van der Waals surface area contributed by atoms with E-state index in [0.717, 1.165) is 0 Å². The van der Waals surface area contributed by atoms with E-state index in [1.807, 2.05) is 0 Å². The molecule has 0 aliphatic rings. The summed E-state index contributed by atoms with van der Waals surface area (Å²) in [5, 5.41) is 35.1. The Kier molecular flexibility index (Phi) is 2.57. The molecule has 0 aliphatic heterocycles. The highest BCUT2D eigenvalue weighted by Gasteiger charge is 2.21. The molecule has 0 aliphatic carbocycles. The average Bonchev–Trinajstić information content (AvgIpc) is 2.10. The Hall–Kier alpha value is -1.82. The lowest BCUT2D eigenvalue weighted by atomic mass is 10.1. The standard InChI is InChI=1S/C8H7FO5/c9-4-2-6(11)5(10)1-3(4)7(12)8(13)14/h1-2,7,10-12H,(H,13,14). The van der Waals surface area contributed by atoms with Crippen LogP contribution in [0.25, 0.3) is 0 Å². The summed E-state index contributed by atoms with van der Waals surface area (Å²) in [7, 11) is 0. The summed E-state index contributed by atoms with van der Waals surface area (Å²) in [4.78, 5) is 10.3. The zero-order valence-electron chi connectivity index (χ0n) is 6.81. The first-order chi connectivity index (χ1) is 6.43. The maximum absolute atomic E-state index is 12.9. The van der Waals surface area contributed by atoms with Gasteiger partial charge in [-0.3, -0.25) is 0 Å². The quantitative estimate of drug-likeness (QED) is 0.519. The van der Waals surface area contributed by atoms with Gasteiger partial charge in [-0.2, -0.15) is 0 Å². The molecule has 6 heteroatoms. The Labute approximate surface area is 77.7 Å². The summed E-state index contributed by atoms with van der Waals surface area (Å²) >= 11 is 0. The number of carbonyl (C=O) groups is 1. The predicted molar refractivity (Wildman–Crippen MR) is 42.3 cm³/mol. The number of halogens is 1. The average molecular weight is 202 g/mol. The van der Waals surface area contributed by atoms with Gasteiger partial charge in [0.2, 0.25) is 0 Å². The lowest BCUT2D eigenvalue weighted by Gasteiger charge is -2.08. The molecule has 0 saturated carbocycles. The molecule has 76 valence electrons. The van der Waals surface area contributed by atoms with Gasteiger partial charge < -0.3 is 20.4 Å². The summed E-state index contributed by atoms with van der Waals surface area (Å²) in [5.74, 6) is -4.16. The summed E-state index contributed by atoms with van der Waals surface area (Å²) in [6, 6.07) is 1.18. The number of phenols is 2. The monoisotopic (exact) mass is 202 g/mol. The lowest BCUT2D eigenvalue weighted by Crippen LogP contribution is -2.12. The minimum Gasteiger partial charge on any atom is -0.504 e. The van der Waals surface area contributed by atoms with Gasteiger partial charge in [0.1, 0.15) is 5.82 Å². The maximum Gasteiger partial charge on any atom is 0.337 e. The van der Waals surface area contributed by atoms with Crippen LogP contribution in [-0.4, -0.2) is 26.4 Å². The predicted octanol–water partition coefficient (Wildman–Crippen LogP) is 0.355. The molecule has 1 atom stereocenters. The van der Waals surface area contributed by atoms with E-state index < -0.39 is 35.0 Å². The van der Waals surface area contributed by atoms with Crippen LogP contribution in [-0.2, 0) is 4.79 Å². The minimum atomic E-state index is -2.07. The second-order valence-corrected chi connectivity index (χ2v) is 2.60. The van der Waals surface area contributed by atoms with Gasteiger partial charge >= 0.3 is 5.97 Å². The fourth-order valence-corrected chi connectivity index (χ4v) is 0.910. The third-order valence-electron chi connectivity index (χ3n) is 1.62. The number of aromatic hydroxyl groups is 2. The van der Waals surface area contributed by atoms with Gasteiger partial charge in [0.05, 0.1) is 0 Å². The Bertz CT molecular complexity index is 376. The molecule has 14 heavy (non-hydrogen) atoms. The van der Waals surface area contributed by atoms with Crippen molar-refractivity contribution < 1.29 is 29.6 Å². The summed E-state index contributed by atoms with van der Waals surface area (Å²) in [6.07, 6.45) is -2.07. The van der Waals surface area contributed by atoms with E-state index in [0.29, 0.717) is 12.1 Å². The first kappa shape index (κ1) is 10.3. The molecule has 0 spiro atoms. The minimum absolute atomic E-state index is 0.525. The molecule has 0 radical (unpaired) electrons. The second-order valence-electron chi connectivity index (χ2n) is 2.60. The van der Waals surface area contributed by atoms with Crippen molar-refractivity contribution >= 4 is 5.97 Å². The maximum atomic E-state index is 12.9. The number of phenolic OH excluding ortho intramolecular Hbond substituents is 2. The third kappa shape index (κ3) is 1.74. The van der Waals surface area contributed by atoms with Crippen molar-refractivity contribution in [3.63, 3.8) is 0 Å². The number of rotatable bonds is 2. The van der Waals surface area contributed by atoms with Crippen LogP contribution in [0, 0.1) is 5.82 Å². The van der Waals surface area contributed by atoms with Gasteiger partial charge in [-0.25, -0.2) is 9.18 Å². The molecular formula is C8H7FO5. The molecule has 0 amide bonds. The smallest absolute Gasteiger partial charge is 0.337 e. The van der Waals surface area contributed by atoms with Crippen LogP contribution in [0.3, 0.4) is 0 Å². The molecule has 0 fully saturated rings. The second kappa shape index (κ2) is 3.51. The van der Waals surface area contributed by atoms with E-state index in [4.69, 9.17) is 20.4 Å². The van der Waals surface area contributed by atoms with Crippen molar-refractivity contribution in [2.75, 3.05) is 0 Å². The van der Waals surface area contributed by atoms with Crippen LogP contribution >= 0.6 is 0 Å². The van der Waals surface area contributed by atoms with Crippen molar-refractivity contribution in [1.29, 1.82) is 0 Å². The Morgan fingerprint density at radius 1 is 1.29 bits per heavy atom. The summed E-state index contributed by atoms with van der Waals surface area (Å²) in [6.45, 7) is 0. The number of aliphatic hydroxyl groups excluding tert-OH is 1. The fourth-order valence-electron chi connectivity index (χ4n) is 0.910. The number of carboxylic acids is 1. The highest BCUT2D eigenvalue weighted by Crippen LogP contribution is 2.30. The number of hydrogen-bond acceptors (Lipinski definition) is 4. The van der Waals surface area contributed by atoms with Gasteiger partial charge in [0.25, 0.3) is 0 Å². The summed E-state index contributed by atoms with van der Waals surface area (Å²) < 4.78 is 12.9. The van der Waals surface area contributed by atoms with Crippen LogP contribution in [0.1, 0.15) is 11.7 Å². The molecule has 0 bridgehead atoms. The van der Waals surface area contributed by atoms with Crippen LogP contribution < -0.4 is 0 Å². The first-order valence-corrected chi connectivity index (χ1v) is 3.55. The van der Waals surface area contributed by atoms with Crippen molar-refractivity contribution in [3.05, 3.63) is 23.5 Å². The van der Waals surface area contributed by atoms with E-state index in [1.165, 1.54) is 0 Å². The van der Waals surface area contributed by atoms with Crippen molar-refractivity contribution in [1.82, 2.24) is 0 Å². The van der Waals surface area contributed by atoms with Gasteiger partial charge in [-0.15, -0.1) is 0 Å². The zero-order chi connectivity index (χ0) is 10.9. The Morgan fingerprint density at radius 2 is 1.79 bits per heavy atom. The highest BCUT2D eigenvalue weighted by atomic mass is 19.1. The van der Waals surface area contributed by atoms with Crippen LogP contribution in [0.5, 0.6) is 11.5 Å². The number of carboxylic acid groups (broad SMARTS) is 1. The molecule has 5 nitrogen and oxygen atoms in total. The molecule has 1 aromatic carbocycles. The zero-order valence-corrected chi connectivity index (χ0v) is 6.81. The number of benzene rings is 1. The number of aliphatic carboxylic acids is 1. The molecule has 1 unspecified atom stereocenters. The lowest BCUT2D eigenvalue weighted by molar-refractivity contribution is -0.147. The van der Waals surface area contributed by atoms with E-state index in [9.17, 15) is 9.18 Å². The van der Waals surface area contributed by atoms with Crippen molar-refractivity contribution in [3.8, 4) is 11.5 Å². The normalized spacial score (nSPS) is 12.4.